The van der Waals surface area contributed by atoms with E-state index >= 15 is 0 Å². The van der Waals surface area contributed by atoms with Crippen LogP contribution in [0, 0.1) is 0 Å². The van der Waals surface area contributed by atoms with Crippen LogP contribution in [-0.4, -0.2) is 20.7 Å². The van der Waals surface area contributed by atoms with E-state index in [9.17, 15) is 18.1 Å². The van der Waals surface area contributed by atoms with Gasteiger partial charge < -0.3 is 10.2 Å². The third-order valence-electron chi connectivity index (χ3n) is 1.44. The summed E-state index contributed by atoms with van der Waals surface area (Å²) < 4.78 is 36.4. The fourth-order valence-electron chi connectivity index (χ4n) is 0.841. The van der Waals surface area contributed by atoms with E-state index in [1.54, 1.807) is 0 Å². The molecule has 2 N–H and O–H groups in total. The van der Waals surface area contributed by atoms with Gasteiger partial charge in [-0.2, -0.15) is 8.78 Å². The zero-order valence-electron chi connectivity index (χ0n) is 6.45. The lowest BCUT2D eigenvalue weighted by molar-refractivity contribution is -0.226. The number of carbonyl (C=O) groups is 1. The lowest BCUT2D eigenvalue weighted by atomic mass is 10.5. The van der Waals surface area contributed by atoms with Crippen LogP contribution in [0.25, 0.3) is 0 Å². The molecule has 0 saturated heterocycles. The highest BCUT2D eigenvalue weighted by atomic mass is 19.3. The number of hydrogen-bond acceptors (Lipinski definition) is 4. The first-order valence-corrected chi connectivity index (χ1v) is 3.22. The summed E-state index contributed by atoms with van der Waals surface area (Å²) in [6.45, 7) is 0. The second-order valence-electron chi connectivity index (χ2n) is 2.29. The van der Waals surface area contributed by atoms with Gasteiger partial charge in [-0.25, -0.2) is 14.3 Å². The fourth-order valence-corrected chi connectivity index (χ4v) is 0.841. The molecule has 0 radical (unpaired) electrons. The molecule has 0 amide bonds. The topological polar surface area (TPSA) is 71.7 Å². The van der Waals surface area contributed by atoms with Crippen LogP contribution >= 0.6 is 0 Å². The van der Waals surface area contributed by atoms with E-state index in [1.807, 2.05) is 0 Å². The molecule has 0 bridgehead atoms. The quantitative estimate of drug-likeness (QED) is 0.761. The molecule has 0 aliphatic rings. The molecule has 14 heavy (non-hydrogen) atoms. The summed E-state index contributed by atoms with van der Waals surface area (Å²) in [5.41, 5.74) is 0. The molecule has 0 fully saturated rings. The molecule has 1 aromatic heterocycles. The van der Waals surface area contributed by atoms with Crippen molar-refractivity contribution in [1.29, 1.82) is 0 Å². The van der Waals surface area contributed by atoms with Crippen molar-refractivity contribution in [2.75, 3.05) is 0 Å². The van der Waals surface area contributed by atoms with Gasteiger partial charge in [-0.15, -0.1) is 0 Å². The van der Waals surface area contributed by atoms with Crippen LogP contribution < -0.4 is 0 Å². The molecule has 0 aromatic carbocycles. The molecule has 78 valence electrons. The van der Waals surface area contributed by atoms with Gasteiger partial charge in [0.2, 0.25) is 0 Å². The van der Waals surface area contributed by atoms with Crippen LogP contribution in [0.3, 0.4) is 0 Å². The summed E-state index contributed by atoms with van der Waals surface area (Å²) in [7, 11) is 0. The number of nitrogens with zero attached hydrogens (tertiary/aromatic N) is 1. The van der Waals surface area contributed by atoms with Gasteiger partial charge in [0, 0.05) is 16.7 Å². The zero-order valence-corrected chi connectivity index (χ0v) is 6.45. The third kappa shape index (κ3) is 1.34. The number of aromatic nitrogens is 1. The fraction of sp³-hybridized carbons (Fsp3) is 0.167. The zero-order chi connectivity index (χ0) is 10.9. The minimum atomic E-state index is -4.51. The van der Waals surface area contributed by atoms with Gasteiger partial charge in [-0.1, -0.05) is 0 Å². The molecular weight excluding hydrogens is 207 g/mol. The Morgan fingerprint density at radius 2 is 1.79 bits per heavy atom. The van der Waals surface area contributed by atoms with Crippen molar-refractivity contribution < 1.29 is 33.3 Å². The van der Waals surface area contributed by atoms with E-state index in [-0.39, 0.29) is 0 Å². The van der Waals surface area contributed by atoms with E-state index in [0.29, 0.717) is 12.1 Å². The summed E-state index contributed by atoms with van der Waals surface area (Å²) in [6.07, 6.45) is 0. The SMILES string of the molecule is O=C(OF)C(F)(F)n1c(O)ccc1O. The maximum Gasteiger partial charge on any atom is 0.440 e. The van der Waals surface area contributed by atoms with Crippen LogP contribution in [0.4, 0.5) is 13.3 Å². The molecule has 0 unspecified atom stereocenters. The van der Waals surface area contributed by atoms with E-state index in [1.165, 1.54) is 0 Å². The Balaban J connectivity index is 3.21. The van der Waals surface area contributed by atoms with E-state index in [0.717, 1.165) is 0 Å². The molecule has 0 spiro atoms. The van der Waals surface area contributed by atoms with Gasteiger partial charge in [-0.3, -0.25) is 0 Å². The summed E-state index contributed by atoms with van der Waals surface area (Å²) in [4.78, 5) is 12.6. The smallest absolute Gasteiger partial charge is 0.440 e. The Kier molecular flexibility index (Phi) is 2.28. The van der Waals surface area contributed by atoms with Gasteiger partial charge in [0.25, 0.3) is 0 Å². The number of alkyl halides is 2. The number of rotatable bonds is 2. The molecule has 0 aliphatic heterocycles. The summed E-state index contributed by atoms with van der Waals surface area (Å²) in [5, 5.41) is 17.6. The van der Waals surface area contributed by atoms with Crippen LogP contribution in [0.5, 0.6) is 11.8 Å². The maximum atomic E-state index is 12.8. The highest BCUT2D eigenvalue weighted by Gasteiger charge is 2.47. The van der Waals surface area contributed by atoms with Crippen LogP contribution in [0.2, 0.25) is 0 Å². The van der Waals surface area contributed by atoms with Gasteiger partial charge in [0.1, 0.15) is 0 Å². The summed E-state index contributed by atoms with van der Waals surface area (Å²) >= 11 is 0. The molecule has 1 aromatic rings. The molecule has 0 saturated carbocycles. The van der Waals surface area contributed by atoms with Crippen molar-refractivity contribution in [1.82, 2.24) is 4.57 Å². The molecule has 0 atom stereocenters. The van der Waals surface area contributed by atoms with Crippen molar-refractivity contribution in [2.24, 2.45) is 0 Å². The molecule has 0 aliphatic carbocycles. The van der Waals surface area contributed by atoms with Crippen molar-refractivity contribution in [2.45, 2.75) is 6.05 Å². The van der Waals surface area contributed by atoms with Crippen molar-refractivity contribution >= 4 is 5.97 Å². The highest BCUT2D eigenvalue weighted by molar-refractivity contribution is 5.75. The van der Waals surface area contributed by atoms with Crippen LogP contribution in [0.15, 0.2) is 12.1 Å². The molecule has 8 heteroatoms. The average Bonchev–Trinajstić information content (AvgIpc) is 2.44. The first kappa shape index (κ1) is 10.2. The van der Waals surface area contributed by atoms with E-state index in [4.69, 9.17) is 10.2 Å². The third-order valence-corrected chi connectivity index (χ3v) is 1.44. The van der Waals surface area contributed by atoms with E-state index in [2.05, 4.69) is 4.94 Å². The molecule has 1 rings (SSSR count). The average molecular weight is 211 g/mol. The first-order valence-electron chi connectivity index (χ1n) is 3.22. The maximum absolute atomic E-state index is 12.8. The lowest BCUT2D eigenvalue weighted by Gasteiger charge is -2.14. The number of carbonyl (C=O) groups excluding carboxylic acids is 1. The van der Waals surface area contributed by atoms with Crippen molar-refractivity contribution in [3.05, 3.63) is 12.1 Å². The Morgan fingerprint density at radius 1 is 1.36 bits per heavy atom. The Labute approximate surface area is 74.8 Å². The van der Waals surface area contributed by atoms with Gasteiger partial charge in [0.05, 0.1) is 0 Å². The normalized spacial score (nSPS) is 11.4. The summed E-state index contributed by atoms with van der Waals surface area (Å²) in [6, 6.07) is -3.10. The highest BCUT2D eigenvalue weighted by Crippen LogP contribution is 2.34. The predicted octanol–water partition coefficient (Wildman–Crippen LogP) is 0.876. The minimum Gasteiger partial charge on any atom is -0.494 e. The van der Waals surface area contributed by atoms with Gasteiger partial charge >= 0.3 is 12.0 Å². The molecule has 1 heterocycles. The number of aromatic hydroxyl groups is 2. The molecule has 5 nitrogen and oxygen atoms in total. The van der Waals surface area contributed by atoms with Crippen LogP contribution in [-0.2, 0) is 15.8 Å². The first-order chi connectivity index (χ1) is 6.41. The van der Waals surface area contributed by atoms with Crippen molar-refractivity contribution in [3.8, 4) is 11.8 Å². The number of hydrogen-bond donors (Lipinski definition) is 2. The Morgan fingerprint density at radius 3 is 2.14 bits per heavy atom. The molecular formula is C6H4F3NO4. The van der Waals surface area contributed by atoms with Crippen molar-refractivity contribution in [3.63, 3.8) is 0 Å². The Hall–Kier alpha value is -1.86. The number of halogens is 3. The van der Waals surface area contributed by atoms with Gasteiger partial charge in [0.15, 0.2) is 11.8 Å². The predicted molar refractivity (Wildman–Crippen MR) is 35.2 cm³/mol. The minimum absolute atomic E-state index is 0.477. The largest absolute Gasteiger partial charge is 0.494 e. The standard InChI is InChI=1S/C6H4F3NO4/c7-6(8,5(13)14-9)10-3(11)1-2-4(10)12/h1-2,11-12H. The van der Waals surface area contributed by atoms with Crippen LogP contribution in [0.1, 0.15) is 0 Å². The van der Waals surface area contributed by atoms with E-state index < -0.39 is 28.3 Å². The Bertz CT molecular complexity index is 342. The second kappa shape index (κ2) is 3.13. The monoisotopic (exact) mass is 211 g/mol. The van der Waals surface area contributed by atoms with Gasteiger partial charge in [-0.05, 0) is 0 Å². The second-order valence-corrected chi connectivity index (χ2v) is 2.29. The summed E-state index contributed by atoms with van der Waals surface area (Å²) in [5.74, 6) is -4.74. The lowest BCUT2D eigenvalue weighted by Crippen LogP contribution is -2.32.